The molecule has 0 atom stereocenters. The van der Waals surface area contributed by atoms with E-state index < -0.39 is 0 Å². The molecule has 2 heterocycles. The van der Waals surface area contributed by atoms with Crippen molar-refractivity contribution in [3.63, 3.8) is 0 Å². The van der Waals surface area contributed by atoms with Gasteiger partial charge in [-0.3, -0.25) is 4.90 Å². The SMILES string of the molecule is CC(C)N1CCc2nc3ccccc3n2C1. The molecule has 1 aromatic heterocycles. The molecule has 3 heteroatoms. The standard InChI is InChI=1S/C13H17N3/c1-10(2)15-8-7-13-14-11-5-3-4-6-12(11)16(13)9-15/h3-6,10H,7-9H2,1-2H3. The van der Waals surface area contributed by atoms with E-state index in [2.05, 4.69) is 52.6 Å². The van der Waals surface area contributed by atoms with Gasteiger partial charge in [-0.05, 0) is 26.0 Å². The van der Waals surface area contributed by atoms with Crippen LogP contribution in [0.2, 0.25) is 0 Å². The molecule has 1 aliphatic rings. The third-order valence-electron chi connectivity index (χ3n) is 3.41. The summed E-state index contributed by atoms with van der Waals surface area (Å²) < 4.78 is 2.35. The first-order valence-corrected chi connectivity index (χ1v) is 5.94. The quantitative estimate of drug-likeness (QED) is 0.727. The number of imidazole rings is 1. The molecular weight excluding hydrogens is 198 g/mol. The van der Waals surface area contributed by atoms with Gasteiger partial charge in [-0.2, -0.15) is 0 Å². The highest BCUT2D eigenvalue weighted by Crippen LogP contribution is 2.21. The zero-order valence-electron chi connectivity index (χ0n) is 9.85. The van der Waals surface area contributed by atoms with E-state index in [9.17, 15) is 0 Å². The van der Waals surface area contributed by atoms with Crippen molar-refractivity contribution in [3.8, 4) is 0 Å². The predicted molar refractivity (Wildman–Crippen MR) is 65.3 cm³/mol. The van der Waals surface area contributed by atoms with Crippen LogP contribution in [-0.4, -0.2) is 27.0 Å². The Hall–Kier alpha value is -1.35. The Morgan fingerprint density at radius 1 is 1.25 bits per heavy atom. The molecule has 1 aromatic carbocycles. The maximum absolute atomic E-state index is 4.68. The Morgan fingerprint density at radius 3 is 2.88 bits per heavy atom. The van der Waals surface area contributed by atoms with Crippen molar-refractivity contribution in [2.75, 3.05) is 6.54 Å². The van der Waals surface area contributed by atoms with E-state index in [4.69, 9.17) is 0 Å². The molecule has 0 fully saturated rings. The van der Waals surface area contributed by atoms with Gasteiger partial charge >= 0.3 is 0 Å². The van der Waals surface area contributed by atoms with Gasteiger partial charge < -0.3 is 4.57 Å². The van der Waals surface area contributed by atoms with Crippen LogP contribution in [0.3, 0.4) is 0 Å². The highest BCUT2D eigenvalue weighted by Gasteiger charge is 2.20. The minimum Gasteiger partial charge on any atom is -0.314 e. The molecule has 0 radical (unpaired) electrons. The van der Waals surface area contributed by atoms with E-state index in [-0.39, 0.29) is 0 Å². The molecule has 3 rings (SSSR count). The molecule has 84 valence electrons. The summed E-state index contributed by atoms with van der Waals surface area (Å²) in [4.78, 5) is 7.17. The van der Waals surface area contributed by atoms with Gasteiger partial charge in [-0.15, -0.1) is 0 Å². The van der Waals surface area contributed by atoms with Crippen molar-refractivity contribution in [1.29, 1.82) is 0 Å². The molecule has 0 bridgehead atoms. The summed E-state index contributed by atoms with van der Waals surface area (Å²) in [5.41, 5.74) is 2.39. The molecule has 0 saturated carbocycles. The summed E-state index contributed by atoms with van der Waals surface area (Å²) in [7, 11) is 0. The first-order chi connectivity index (χ1) is 7.75. The van der Waals surface area contributed by atoms with Gasteiger partial charge in [-0.25, -0.2) is 4.98 Å². The fourth-order valence-electron chi connectivity index (χ4n) is 2.39. The number of rotatable bonds is 1. The fraction of sp³-hybridized carbons (Fsp3) is 0.462. The van der Waals surface area contributed by atoms with Crippen LogP contribution in [0.25, 0.3) is 11.0 Å². The third-order valence-corrected chi connectivity index (χ3v) is 3.41. The second kappa shape index (κ2) is 3.59. The molecule has 0 spiro atoms. The molecule has 0 N–H and O–H groups in total. The topological polar surface area (TPSA) is 21.1 Å². The minimum atomic E-state index is 0.606. The van der Waals surface area contributed by atoms with Crippen molar-refractivity contribution in [3.05, 3.63) is 30.1 Å². The Balaban J connectivity index is 2.08. The van der Waals surface area contributed by atoms with E-state index in [1.165, 1.54) is 11.3 Å². The largest absolute Gasteiger partial charge is 0.314 e. The van der Waals surface area contributed by atoms with Crippen LogP contribution in [0.1, 0.15) is 19.7 Å². The van der Waals surface area contributed by atoms with Gasteiger partial charge in [0.25, 0.3) is 0 Å². The van der Waals surface area contributed by atoms with Crippen LogP contribution >= 0.6 is 0 Å². The van der Waals surface area contributed by atoms with Crippen molar-refractivity contribution in [2.45, 2.75) is 33.0 Å². The number of hydrogen-bond donors (Lipinski definition) is 0. The third kappa shape index (κ3) is 1.43. The van der Waals surface area contributed by atoms with Crippen molar-refractivity contribution in [1.82, 2.24) is 14.5 Å². The second-order valence-corrected chi connectivity index (χ2v) is 4.74. The number of aromatic nitrogens is 2. The number of benzene rings is 1. The zero-order chi connectivity index (χ0) is 11.1. The highest BCUT2D eigenvalue weighted by atomic mass is 15.3. The summed E-state index contributed by atoms with van der Waals surface area (Å²) in [6, 6.07) is 9.01. The molecule has 0 aliphatic carbocycles. The van der Waals surface area contributed by atoms with Crippen LogP contribution in [0.15, 0.2) is 24.3 Å². The second-order valence-electron chi connectivity index (χ2n) is 4.74. The fourth-order valence-corrected chi connectivity index (χ4v) is 2.39. The van der Waals surface area contributed by atoms with Gasteiger partial charge in [0.05, 0.1) is 17.7 Å². The lowest BCUT2D eigenvalue weighted by Crippen LogP contribution is -2.39. The maximum Gasteiger partial charge on any atom is 0.112 e. The number of hydrogen-bond acceptors (Lipinski definition) is 2. The average Bonchev–Trinajstić information content (AvgIpc) is 2.66. The predicted octanol–water partition coefficient (Wildman–Crippen LogP) is 2.26. The van der Waals surface area contributed by atoms with Crippen molar-refractivity contribution >= 4 is 11.0 Å². The van der Waals surface area contributed by atoms with Crippen LogP contribution in [0, 0.1) is 0 Å². The van der Waals surface area contributed by atoms with Crippen LogP contribution in [0.5, 0.6) is 0 Å². The molecule has 0 unspecified atom stereocenters. The van der Waals surface area contributed by atoms with E-state index >= 15 is 0 Å². The summed E-state index contributed by atoms with van der Waals surface area (Å²) in [6.45, 7) is 6.61. The van der Waals surface area contributed by atoms with Crippen molar-refractivity contribution in [2.24, 2.45) is 0 Å². The van der Waals surface area contributed by atoms with Gasteiger partial charge in [-0.1, -0.05) is 12.1 Å². The number of para-hydroxylation sites is 2. The minimum absolute atomic E-state index is 0.606. The lowest BCUT2D eigenvalue weighted by atomic mass is 10.2. The number of nitrogens with zero attached hydrogens (tertiary/aromatic N) is 3. The Bertz CT molecular complexity index is 513. The zero-order valence-corrected chi connectivity index (χ0v) is 9.85. The van der Waals surface area contributed by atoms with Crippen LogP contribution in [0.4, 0.5) is 0 Å². The van der Waals surface area contributed by atoms with Crippen LogP contribution in [-0.2, 0) is 13.1 Å². The molecule has 1 aliphatic heterocycles. The first kappa shape index (κ1) is 9.85. The molecule has 3 nitrogen and oxygen atoms in total. The normalized spacial score (nSPS) is 16.9. The molecule has 0 amide bonds. The van der Waals surface area contributed by atoms with E-state index in [0.29, 0.717) is 6.04 Å². The van der Waals surface area contributed by atoms with Crippen LogP contribution < -0.4 is 0 Å². The van der Waals surface area contributed by atoms with E-state index in [0.717, 1.165) is 25.2 Å². The summed E-state index contributed by atoms with van der Waals surface area (Å²) in [6.07, 6.45) is 1.06. The first-order valence-electron chi connectivity index (χ1n) is 5.94. The summed E-state index contributed by atoms with van der Waals surface area (Å²) in [5, 5.41) is 0. The summed E-state index contributed by atoms with van der Waals surface area (Å²) >= 11 is 0. The Morgan fingerprint density at radius 2 is 2.06 bits per heavy atom. The smallest absolute Gasteiger partial charge is 0.112 e. The van der Waals surface area contributed by atoms with Crippen molar-refractivity contribution < 1.29 is 0 Å². The van der Waals surface area contributed by atoms with Gasteiger partial charge in [0.2, 0.25) is 0 Å². The Labute approximate surface area is 95.7 Å². The lowest BCUT2D eigenvalue weighted by molar-refractivity contribution is 0.154. The average molecular weight is 215 g/mol. The monoisotopic (exact) mass is 215 g/mol. The Kier molecular flexibility index (Phi) is 2.21. The van der Waals surface area contributed by atoms with Gasteiger partial charge in [0, 0.05) is 19.0 Å². The highest BCUT2D eigenvalue weighted by molar-refractivity contribution is 5.75. The molecule has 16 heavy (non-hydrogen) atoms. The molecular formula is C13H17N3. The molecule has 0 saturated heterocycles. The lowest BCUT2D eigenvalue weighted by Gasteiger charge is -2.31. The number of fused-ring (bicyclic) bond motifs is 3. The maximum atomic E-state index is 4.68. The van der Waals surface area contributed by atoms with E-state index in [1.54, 1.807) is 0 Å². The van der Waals surface area contributed by atoms with Gasteiger partial charge in [0.1, 0.15) is 5.82 Å². The summed E-state index contributed by atoms with van der Waals surface area (Å²) in [5.74, 6) is 1.23. The van der Waals surface area contributed by atoms with Gasteiger partial charge in [0.15, 0.2) is 0 Å². The molecule has 2 aromatic rings. The van der Waals surface area contributed by atoms with E-state index in [1.807, 2.05) is 0 Å².